The van der Waals surface area contributed by atoms with Crippen LogP contribution in [-0.4, -0.2) is 49.7 Å². The molecule has 1 heterocycles. The molecule has 17 heavy (non-hydrogen) atoms. The Hall–Kier alpha value is -0.120. The highest BCUT2D eigenvalue weighted by molar-refractivity contribution is 4.98. The number of likely N-dealkylation sites (N-methyl/N-ethyl adjacent to an activating group) is 1. The first-order valence-corrected chi connectivity index (χ1v) is 7.27. The number of nitrogens with one attached hydrogen (secondary N) is 2. The Kier molecular flexibility index (Phi) is 4.45. The monoisotopic (exact) mass is 239 g/mol. The van der Waals surface area contributed by atoms with Gasteiger partial charge in [0.05, 0.1) is 0 Å². The van der Waals surface area contributed by atoms with E-state index in [1.165, 1.54) is 45.1 Å². The zero-order valence-electron chi connectivity index (χ0n) is 11.8. The van der Waals surface area contributed by atoms with E-state index in [0.717, 1.165) is 12.6 Å². The Labute approximate surface area is 106 Å². The molecule has 1 saturated heterocycles. The summed E-state index contributed by atoms with van der Waals surface area (Å²) >= 11 is 0. The van der Waals surface area contributed by atoms with Crippen LogP contribution >= 0.6 is 0 Å². The van der Waals surface area contributed by atoms with Crippen molar-refractivity contribution >= 4 is 0 Å². The fourth-order valence-electron chi connectivity index (χ4n) is 3.20. The van der Waals surface area contributed by atoms with Crippen molar-refractivity contribution in [2.24, 2.45) is 0 Å². The quantitative estimate of drug-likeness (QED) is 0.737. The summed E-state index contributed by atoms with van der Waals surface area (Å²) in [6, 6.07) is 1.40. The van der Waals surface area contributed by atoms with Crippen LogP contribution in [0.2, 0.25) is 0 Å². The van der Waals surface area contributed by atoms with E-state index < -0.39 is 0 Å². The van der Waals surface area contributed by atoms with Crippen LogP contribution in [0.4, 0.5) is 0 Å². The molecular weight excluding hydrogens is 210 g/mol. The molecule has 2 aliphatic rings. The van der Waals surface area contributed by atoms with E-state index in [2.05, 4.69) is 36.6 Å². The van der Waals surface area contributed by atoms with E-state index in [9.17, 15) is 0 Å². The smallest absolute Gasteiger partial charge is 0.0328 e. The SMILES string of the molecule is CC(CC1CCCN1)NCC1(N(C)C)CCC1. The summed E-state index contributed by atoms with van der Waals surface area (Å²) in [6.07, 6.45) is 8.13. The highest BCUT2D eigenvalue weighted by atomic mass is 15.2. The van der Waals surface area contributed by atoms with Crippen LogP contribution in [0.1, 0.15) is 45.4 Å². The first-order chi connectivity index (χ1) is 8.12. The molecule has 3 heteroatoms. The van der Waals surface area contributed by atoms with Crippen molar-refractivity contribution in [3.8, 4) is 0 Å². The summed E-state index contributed by atoms with van der Waals surface area (Å²) < 4.78 is 0. The lowest BCUT2D eigenvalue weighted by Crippen LogP contribution is -2.57. The van der Waals surface area contributed by atoms with Gasteiger partial charge in [0.25, 0.3) is 0 Å². The third kappa shape index (κ3) is 3.21. The minimum absolute atomic E-state index is 0.456. The summed E-state index contributed by atoms with van der Waals surface area (Å²) in [5.74, 6) is 0. The van der Waals surface area contributed by atoms with Crippen molar-refractivity contribution in [2.75, 3.05) is 27.2 Å². The summed E-state index contributed by atoms with van der Waals surface area (Å²) in [5.41, 5.74) is 0.456. The number of rotatable bonds is 6. The topological polar surface area (TPSA) is 27.3 Å². The van der Waals surface area contributed by atoms with Crippen molar-refractivity contribution in [3.05, 3.63) is 0 Å². The maximum absolute atomic E-state index is 3.75. The molecule has 0 aromatic rings. The molecule has 0 spiro atoms. The largest absolute Gasteiger partial charge is 0.314 e. The molecule has 2 unspecified atom stereocenters. The van der Waals surface area contributed by atoms with Crippen LogP contribution in [0.5, 0.6) is 0 Å². The zero-order valence-corrected chi connectivity index (χ0v) is 11.8. The second-order valence-corrected chi connectivity index (χ2v) is 6.28. The molecule has 0 amide bonds. The van der Waals surface area contributed by atoms with Crippen LogP contribution in [0.25, 0.3) is 0 Å². The summed E-state index contributed by atoms with van der Waals surface area (Å²) in [7, 11) is 4.45. The van der Waals surface area contributed by atoms with Crippen LogP contribution < -0.4 is 10.6 Å². The molecule has 2 rings (SSSR count). The maximum Gasteiger partial charge on any atom is 0.0328 e. The highest BCUT2D eigenvalue weighted by Gasteiger charge is 2.38. The Morgan fingerprint density at radius 1 is 1.35 bits per heavy atom. The molecular formula is C14H29N3. The second kappa shape index (κ2) is 5.68. The molecule has 2 atom stereocenters. The number of hydrogen-bond acceptors (Lipinski definition) is 3. The van der Waals surface area contributed by atoms with E-state index >= 15 is 0 Å². The molecule has 3 nitrogen and oxygen atoms in total. The van der Waals surface area contributed by atoms with Gasteiger partial charge >= 0.3 is 0 Å². The van der Waals surface area contributed by atoms with Crippen molar-refractivity contribution in [1.82, 2.24) is 15.5 Å². The third-order valence-electron chi connectivity index (χ3n) is 4.81. The van der Waals surface area contributed by atoms with Gasteiger partial charge in [-0.3, -0.25) is 0 Å². The summed E-state index contributed by atoms with van der Waals surface area (Å²) in [4.78, 5) is 2.42. The predicted octanol–water partition coefficient (Wildman–Crippen LogP) is 1.59. The molecule has 2 fully saturated rings. The molecule has 0 bridgehead atoms. The van der Waals surface area contributed by atoms with E-state index in [4.69, 9.17) is 0 Å². The Bertz CT molecular complexity index is 230. The van der Waals surface area contributed by atoms with Crippen molar-refractivity contribution in [3.63, 3.8) is 0 Å². The molecule has 0 aromatic carbocycles. The van der Waals surface area contributed by atoms with Crippen LogP contribution in [0, 0.1) is 0 Å². The Morgan fingerprint density at radius 2 is 2.12 bits per heavy atom. The zero-order chi connectivity index (χ0) is 12.3. The first-order valence-electron chi connectivity index (χ1n) is 7.27. The minimum Gasteiger partial charge on any atom is -0.314 e. The Morgan fingerprint density at radius 3 is 2.59 bits per heavy atom. The molecule has 2 N–H and O–H groups in total. The lowest BCUT2D eigenvalue weighted by atomic mass is 9.75. The predicted molar refractivity (Wildman–Crippen MR) is 73.4 cm³/mol. The molecule has 1 saturated carbocycles. The van der Waals surface area contributed by atoms with Gasteiger partial charge < -0.3 is 15.5 Å². The molecule has 100 valence electrons. The molecule has 1 aliphatic carbocycles. The fourth-order valence-corrected chi connectivity index (χ4v) is 3.20. The number of hydrogen-bond donors (Lipinski definition) is 2. The van der Waals surface area contributed by atoms with Gasteiger partial charge in [-0.15, -0.1) is 0 Å². The fraction of sp³-hybridized carbons (Fsp3) is 1.00. The van der Waals surface area contributed by atoms with Crippen molar-refractivity contribution in [1.29, 1.82) is 0 Å². The van der Waals surface area contributed by atoms with Crippen LogP contribution in [0.3, 0.4) is 0 Å². The van der Waals surface area contributed by atoms with Crippen LogP contribution in [-0.2, 0) is 0 Å². The highest BCUT2D eigenvalue weighted by Crippen LogP contribution is 2.35. The van der Waals surface area contributed by atoms with E-state index in [-0.39, 0.29) is 0 Å². The lowest BCUT2D eigenvalue weighted by Gasteiger charge is -2.48. The van der Waals surface area contributed by atoms with E-state index in [0.29, 0.717) is 11.6 Å². The third-order valence-corrected chi connectivity index (χ3v) is 4.81. The van der Waals surface area contributed by atoms with Crippen molar-refractivity contribution in [2.45, 2.75) is 63.1 Å². The van der Waals surface area contributed by atoms with E-state index in [1.807, 2.05) is 0 Å². The maximum atomic E-state index is 3.75. The van der Waals surface area contributed by atoms with Gasteiger partial charge in [0.1, 0.15) is 0 Å². The van der Waals surface area contributed by atoms with Gasteiger partial charge in [-0.2, -0.15) is 0 Å². The first kappa shape index (κ1) is 13.3. The van der Waals surface area contributed by atoms with Gasteiger partial charge in [-0.05, 0) is 66.1 Å². The normalized spacial score (nSPS) is 29.3. The van der Waals surface area contributed by atoms with Gasteiger partial charge in [0.15, 0.2) is 0 Å². The number of nitrogens with zero attached hydrogens (tertiary/aromatic N) is 1. The summed E-state index contributed by atoms with van der Waals surface area (Å²) in [5, 5.41) is 7.34. The van der Waals surface area contributed by atoms with Gasteiger partial charge in [0.2, 0.25) is 0 Å². The van der Waals surface area contributed by atoms with Gasteiger partial charge in [-0.1, -0.05) is 0 Å². The summed E-state index contributed by atoms with van der Waals surface area (Å²) in [6.45, 7) is 4.72. The average molecular weight is 239 g/mol. The average Bonchev–Trinajstić information content (AvgIpc) is 2.68. The standard InChI is InChI=1S/C14H29N3/c1-12(10-13-6-4-9-15-13)16-11-14(17(2)3)7-5-8-14/h12-13,15-16H,4-11H2,1-3H3. The molecule has 0 radical (unpaired) electrons. The van der Waals surface area contributed by atoms with Crippen molar-refractivity contribution < 1.29 is 0 Å². The van der Waals surface area contributed by atoms with Crippen LogP contribution in [0.15, 0.2) is 0 Å². The molecule has 1 aliphatic heterocycles. The van der Waals surface area contributed by atoms with E-state index in [1.54, 1.807) is 0 Å². The van der Waals surface area contributed by atoms with Gasteiger partial charge in [0, 0.05) is 24.2 Å². The second-order valence-electron chi connectivity index (χ2n) is 6.28. The van der Waals surface area contributed by atoms with Gasteiger partial charge in [-0.25, -0.2) is 0 Å². The lowest BCUT2D eigenvalue weighted by molar-refractivity contribution is 0.0571. The molecule has 0 aromatic heterocycles. The Balaban J connectivity index is 1.69. The minimum atomic E-state index is 0.456.